The van der Waals surface area contributed by atoms with E-state index in [0.29, 0.717) is 25.1 Å². The lowest BCUT2D eigenvalue weighted by Crippen LogP contribution is -2.57. The van der Waals surface area contributed by atoms with Crippen molar-refractivity contribution in [3.63, 3.8) is 0 Å². The predicted octanol–water partition coefficient (Wildman–Crippen LogP) is 3.62. The Bertz CT molecular complexity index is 1090. The number of rotatable bonds is 4. The molecule has 7 nitrogen and oxygen atoms in total. The molecule has 2 heterocycles. The van der Waals surface area contributed by atoms with Gasteiger partial charge in [-0.1, -0.05) is 30.3 Å². The normalized spacial score (nSPS) is 17.7. The van der Waals surface area contributed by atoms with Gasteiger partial charge in [-0.2, -0.15) is 5.26 Å². The highest BCUT2D eigenvalue weighted by atomic mass is 16.6. The summed E-state index contributed by atoms with van der Waals surface area (Å²) in [6.07, 6.45) is -0.232. The number of nitrogens with zero attached hydrogens (tertiary/aromatic N) is 2. The molecular formula is C25H27N3O4. The number of ether oxygens (including phenoxy) is 2. The third-order valence-corrected chi connectivity index (χ3v) is 5.64. The number of nitriles is 1. The Labute approximate surface area is 187 Å². The van der Waals surface area contributed by atoms with Gasteiger partial charge in [0.05, 0.1) is 11.6 Å². The summed E-state index contributed by atoms with van der Waals surface area (Å²) >= 11 is 0. The molecule has 1 fully saturated rings. The number of nitrogens with one attached hydrogen (secondary N) is 1. The Hall–Kier alpha value is -3.37. The predicted molar refractivity (Wildman–Crippen MR) is 119 cm³/mol. The van der Waals surface area contributed by atoms with Gasteiger partial charge in [0.1, 0.15) is 11.6 Å². The monoisotopic (exact) mass is 433 g/mol. The van der Waals surface area contributed by atoms with Crippen LogP contribution in [0.25, 0.3) is 11.1 Å². The number of carbonyl (C=O) groups is 2. The van der Waals surface area contributed by atoms with E-state index in [-0.39, 0.29) is 5.97 Å². The highest BCUT2D eigenvalue weighted by molar-refractivity contribution is 5.96. The number of likely N-dealkylation sites (tertiary alicyclic amines) is 1. The summed E-state index contributed by atoms with van der Waals surface area (Å²) in [7, 11) is 2.01. The van der Waals surface area contributed by atoms with E-state index in [1.54, 1.807) is 20.8 Å². The summed E-state index contributed by atoms with van der Waals surface area (Å²) in [5, 5.41) is 12.0. The van der Waals surface area contributed by atoms with Crippen LogP contribution in [0.15, 0.2) is 42.5 Å². The van der Waals surface area contributed by atoms with Crippen LogP contribution >= 0.6 is 0 Å². The minimum Gasteiger partial charge on any atom is -0.448 e. The van der Waals surface area contributed by atoms with Crippen LogP contribution in [-0.4, -0.2) is 48.7 Å². The number of carbonyl (C=O) groups excluding carboxylic acids is 2. The molecule has 1 amide bonds. The second-order valence-electron chi connectivity index (χ2n) is 9.55. The van der Waals surface area contributed by atoms with Crippen molar-refractivity contribution in [1.82, 2.24) is 10.2 Å². The largest absolute Gasteiger partial charge is 0.448 e. The van der Waals surface area contributed by atoms with E-state index < -0.39 is 23.3 Å². The van der Waals surface area contributed by atoms with E-state index in [4.69, 9.17) is 9.47 Å². The SMILES string of the molecule is CN1CC2(C1)OC(=O)c1ccc(-c3ccc(C[C@@H](C#N)NC(=O)OC(C)(C)C)cc3)cc12. The number of esters is 1. The fourth-order valence-corrected chi connectivity index (χ4v) is 4.27. The standard InChI is InChI=1S/C25H27N3O4/c1-24(2,3)32-23(30)27-19(13-26)11-16-5-7-17(8-6-16)18-9-10-20-21(12-18)25(31-22(20)29)14-28(4)15-25/h5-10,12,19H,11,14-15H2,1-4H3,(H,27,30)/t19-/m0/s1. The maximum atomic E-state index is 12.3. The molecule has 166 valence electrons. The summed E-state index contributed by atoms with van der Waals surface area (Å²) in [6, 6.07) is 15.1. The number of likely N-dealkylation sites (N-methyl/N-ethyl adjacent to an activating group) is 1. The average Bonchev–Trinajstić information content (AvgIpc) is 2.98. The van der Waals surface area contributed by atoms with Crippen LogP contribution in [0.2, 0.25) is 0 Å². The van der Waals surface area contributed by atoms with E-state index >= 15 is 0 Å². The summed E-state index contributed by atoms with van der Waals surface area (Å²) in [4.78, 5) is 26.3. The molecule has 1 N–H and O–H groups in total. The Balaban J connectivity index is 1.47. The summed E-state index contributed by atoms with van der Waals surface area (Å²) in [5.74, 6) is -0.255. The quantitative estimate of drug-likeness (QED) is 0.741. The van der Waals surface area contributed by atoms with E-state index in [9.17, 15) is 14.9 Å². The lowest BCUT2D eigenvalue weighted by atomic mass is 9.84. The third kappa shape index (κ3) is 4.32. The highest BCUT2D eigenvalue weighted by Crippen LogP contribution is 2.44. The highest BCUT2D eigenvalue weighted by Gasteiger charge is 2.52. The van der Waals surface area contributed by atoms with Gasteiger partial charge in [0.15, 0.2) is 5.60 Å². The van der Waals surface area contributed by atoms with Crippen molar-refractivity contribution in [3.8, 4) is 17.2 Å². The zero-order valence-corrected chi connectivity index (χ0v) is 18.8. The fourth-order valence-electron chi connectivity index (χ4n) is 4.27. The molecular weight excluding hydrogens is 406 g/mol. The molecule has 0 unspecified atom stereocenters. The minimum absolute atomic E-state index is 0.255. The van der Waals surface area contributed by atoms with Gasteiger partial charge in [-0.15, -0.1) is 0 Å². The van der Waals surface area contributed by atoms with Crippen LogP contribution in [-0.2, 0) is 21.5 Å². The molecule has 2 aliphatic heterocycles. The van der Waals surface area contributed by atoms with Crippen LogP contribution in [0.4, 0.5) is 4.79 Å². The smallest absolute Gasteiger partial charge is 0.408 e. The molecule has 0 aromatic heterocycles. The van der Waals surface area contributed by atoms with Crippen molar-refractivity contribution in [3.05, 3.63) is 59.2 Å². The number of hydrogen-bond donors (Lipinski definition) is 1. The van der Waals surface area contributed by atoms with Gasteiger partial charge in [0.25, 0.3) is 0 Å². The first kappa shape index (κ1) is 21.8. The first-order valence-corrected chi connectivity index (χ1v) is 10.6. The van der Waals surface area contributed by atoms with Crippen molar-refractivity contribution in [1.29, 1.82) is 5.26 Å². The lowest BCUT2D eigenvalue weighted by molar-refractivity contribution is -0.0942. The van der Waals surface area contributed by atoms with Crippen molar-refractivity contribution < 1.29 is 19.1 Å². The van der Waals surface area contributed by atoms with Gasteiger partial charge >= 0.3 is 12.1 Å². The molecule has 4 rings (SSSR count). The number of amides is 1. The van der Waals surface area contributed by atoms with Crippen LogP contribution in [0.1, 0.15) is 42.3 Å². The summed E-state index contributed by atoms with van der Waals surface area (Å²) < 4.78 is 10.9. The van der Waals surface area contributed by atoms with Gasteiger partial charge in [0, 0.05) is 25.1 Å². The fraction of sp³-hybridized carbons (Fsp3) is 0.400. The van der Waals surface area contributed by atoms with Gasteiger partial charge in [-0.3, -0.25) is 4.90 Å². The average molecular weight is 434 g/mol. The Morgan fingerprint density at radius 1 is 1.22 bits per heavy atom. The first-order chi connectivity index (χ1) is 15.1. The summed E-state index contributed by atoms with van der Waals surface area (Å²) in [5.41, 5.74) is 3.39. The van der Waals surface area contributed by atoms with E-state index in [1.807, 2.05) is 49.5 Å². The maximum absolute atomic E-state index is 12.3. The van der Waals surface area contributed by atoms with Gasteiger partial charge in [-0.05, 0) is 56.6 Å². The number of alkyl carbamates (subject to hydrolysis) is 1. The molecule has 0 bridgehead atoms. The lowest BCUT2D eigenvalue weighted by Gasteiger charge is -2.44. The molecule has 1 atom stereocenters. The van der Waals surface area contributed by atoms with Crippen LogP contribution in [0, 0.1) is 11.3 Å². The van der Waals surface area contributed by atoms with Crippen LogP contribution < -0.4 is 5.32 Å². The zero-order valence-electron chi connectivity index (χ0n) is 18.8. The van der Waals surface area contributed by atoms with E-state index in [2.05, 4.69) is 16.3 Å². The topological polar surface area (TPSA) is 91.7 Å². The Kier molecular flexibility index (Phi) is 5.43. The van der Waals surface area contributed by atoms with Gasteiger partial charge in [-0.25, -0.2) is 9.59 Å². The van der Waals surface area contributed by atoms with Crippen LogP contribution in [0.3, 0.4) is 0 Å². The van der Waals surface area contributed by atoms with E-state index in [1.165, 1.54) is 0 Å². The third-order valence-electron chi connectivity index (χ3n) is 5.64. The number of hydrogen-bond acceptors (Lipinski definition) is 6. The molecule has 2 aromatic rings. The van der Waals surface area contributed by atoms with Gasteiger partial charge in [0.2, 0.25) is 0 Å². The molecule has 1 saturated heterocycles. The van der Waals surface area contributed by atoms with Crippen molar-refractivity contribution in [2.45, 2.75) is 44.4 Å². The number of fused-ring (bicyclic) bond motifs is 2. The van der Waals surface area contributed by atoms with Crippen molar-refractivity contribution in [2.24, 2.45) is 0 Å². The van der Waals surface area contributed by atoms with Crippen molar-refractivity contribution >= 4 is 12.1 Å². The molecule has 0 aliphatic carbocycles. The minimum atomic E-state index is -0.686. The first-order valence-electron chi connectivity index (χ1n) is 10.6. The molecule has 7 heteroatoms. The Morgan fingerprint density at radius 3 is 2.47 bits per heavy atom. The van der Waals surface area contributed by atoms with Gasteiger partial charge < -0.3 is 14.8 Å². The second-order valence-corrected chi connectivity index (χ2v) is 9.55. The Morgan fingerprint density at radius 2 is 1.88 bits per heavy atom. The van der Waals surface area contributed by atoms with Crippen molar-refractivity contribution in [2.75, 3.05) is 20.1 Å². The molecule has 0 radical (unpaired) electrons. The molecule has 2 aliphatic rings. The number of benzene rings is 2. The summed E-state index contributed by atoms with van der Waals surface area (Å²) in [6.45, 7) is 6.73. The van der Waals surface area contributed by atoms with Crippen LogP contribution in [0.5, 0.6) is 0 Å². The molecule has 1 spiro atoms. The molecule has 0 saturated carbocycles. The zero-order chi connectivity index (χ0) is 23.1. The maximum Gasteiger partial charge on any atom is 0.408 e. The molecule has 32 heavy (non-hydrogen) atoms. The second kappa shape index (κ2) is 7.95. The van der Waals surface area contributed by atoms with E-state index in [0.717, 1.165) is 22.3 Å². The molecule has 2 aromatic carbocycles.